The van der Waals surface area contributed by atoms with Crippen LogP contribution < -0.4 is 10.1 Å². The zero-order chi connectivity index (χ0) is 16.9. The van der Waals surface area contributed by atoms with Gasteiger partial charge in [0.2, 0.25) is 5.91 Å². The molecule has 0 aliphatic carbocycles. The maximum atomic E-state index is 13.4. The van der Waals surface area contributed by atoms with Crippen molar-refractivity contribution in [3.8, 4) is 5.75 Å². The Kier molecular flexibility index (Phi) is 5.33. The Bertz CT molecular complexity index is 805. The number of sulfone groups is 1. The Morgan fingerprint density at radius 3 is 2.61 bits per heavy atom. The van der Waals surface area contributed by atoms with Crippen molar-refractivity contribution in [2.75, 3.05) is 18.2 Å². The first-order chi connectivity index (χ1) is 10.9. The van der Waals surface area contributed by atoms with Gasteiger partial charge in [-0.2, -0.15) is 0 Å². The van der Waals surface area contributed by atoms with Crippen molar-refractivity contribution in [1.29, 1.82) is 0 Å². The van der Waals surface area contributed by atoms with Gasteiger partial charge in [0.05, 0.1) is 18.6 Å². The molecule has 0 spiro atoms. The van der Waals surface area contributed by atoms with E-state index < -0.39 is 27.3 Å². The molecule has 2 rings (SSSR count). The minimum Gasteiger partial charge on any atom is -0.497 e. The van der Waals surface area contributed by atoms with Crippen LogP contribution >= 0.6 is 0 Å². The van der Waals surface area contributed by atoms with E-state index in [4.69, 9.17) is 4.74 Å². The average molecular weight is 337 g/mol. The smallest absolute Gasteiger partial charge is 0.239 e. The van der Waals surface area contributed by atoms with Gasteiger partial charge in [-0.25, -0.2) is 12.8 Å². The predicted octanol–water partition coefficient (Wildman–Crippen LogP) is 2.39. The second-order valence-corrected chi connectivity index (χ2v) is 6.98. The molecule has 0 fully saturated rings. The zero-order valence-electron chi connectivity index (χ0n) is 12.5. The second-order valence-electron chi connectivity index (χ2n) is 4.91. The molecule has 1 N–H and O–H groups in total. The third-order valence-corrected chi connectivity index (χ3v) is 4.49. The molecule has 0 radical (unpaired) electrons. The van der Waals surface area contributed by atoms with E-state index in [0.717, 1.165) is 0 Å². The van der Waals surface area contributed by atoms with Crippen molar-refractivity contribution >= 4 is 21.4 Å². The Labute approximate surface area is 134 Å². The summed E-state index contributed by atoms with van der Waals surface area (Å²) >= 11 is 0. The first-order valence-corrected chi connectivity index (χ1v) is 8.59. The third-order valence-electron chi connectivity index (χ3n) is 3.02. The highest BCUT2D eigenvalue weighted by Gasteiger charge is 2.18. The molecule has 0 unspecified atom stereocenters. The summed E-state index contributed by atoms with van der Waals surface area (Å²) in [5, 5.41) is 2.26. The number of hydrogen-bond acceptors (Lipinski definition) is 4. The number of ether oxygens (including phenoxy) is 1. The summed E-state index contributed by atoms with van der Waals surface area (Å²) in [6.07, 6.45) is 0. The summed E-state index contributed by atoms with van der Waals surface area (Å²) in [4.78, 5) is 11.8. The van der Waals surface area contributed by atoms with Gasteiger partial charge in [0, 0.05) is 0 Å². The number of benzene rings is 2. The van der Waals surface area contributed by atoms with Gasteiger partial charge in [-0.05, 0) is 29.8 Å². The number of carbonyl (C=O) groups is 1. The molecule has 0 atom stereocenters. The van der Waals surface area contributed by atoms with Gasteiger partial charge in [-0.1, -0.05) is 24.3 Å². The Hall–Kier alpha value is -2.41. The van der Waals surface area contributed by atoms with Gasteiger partial charge >= 0.3 is 0 Å². The molecule has 5 nitrogen and oxygen atoms in total. The van der Waals surface area contributed by atoms with E-state index in [1.54, 1.807) is 30.3 Å². The lowest BCUT2D eigenvalue weighted by Gasteiger charge is -2.08. The summed E-state index contributed by atoms with van der Waals surface area (Å²) < 4.78 is 42.6. The van der Waals surface area contributed by atoms with Crippen molar-refractivity contribution in [3.05, 3.63) is 59.9 Å². The minimum absolute atomic E-state index is 0.0471. The molecule has 2 aromatic rings. The van der Waals surface area contributed by atoms with Crippen LogP contribution in [0, 0.1) is 5.82 Å². The molecule has 0 bridgehead atoms. The number of anilines is 1. The Balaban J connectivity index is 2.03. The Morgan fingerprint density at radius 1 is 1.17 bits per heavy atom. The highest BCUT2D eigenvalue weighted by molar-refractivity contribution is 7.91. The molecule has 23 heavy (non-hydrogen) atoms. The number of nitrogens with one attached hydrogen (secondary N) is 1. The van der Waals surface area contributed by atoms with Crippen molar-refractivity contribution in [2.45, 2.75) is 5.75 Å². The SMILES string of the molecule is COc1cccc(CS(=O)(=O)CC(=O)Nc2ccccc2F)c1. The van der Waals surface area contributed by atoms with E-state index in [-0.39, 0.29) is 11.4 Å². The first kappa shape index (κ1) is 17.0. The fourth-order valence-electron chi connectivity index (χ4n) is 2.02. The molecular formula is C16H16FNO4S. The van der Waals surface area contributed by atoms with Gasteiger partial charge in [0.1, 0.15) is 17.3 Å². The fourth-order valence-corrected chi connectivity index (χ4v) is 3.28. The topological polar surface area (TPSA) is 72.5 Å². The van der Waals surface area contributed by atoms with Crippen LogP contribution in [-0.2, 0) is 20.4 Å². The molecule has 0 aliphatic rings. The molecule has 0 aliphatic heterocycles. The van der Waals surface area contributed by atoms with E-state index in [0.29, 0.717) is 11.3 Å². The van der Waals surface area contributed by atoms with E-state index in [1.165, 1.54) is 25.3 Å². The number of hydrogen-bond donors (Lipinski definition) is 1. The third kappa shape index (κ3) is 5.07. The number of amides is 1. The monoisotopic (exact) mass is 337 g/mol. The van der Waals surface area contributed by atoms with E-state index in [2.05, 4.69) is 5.32 Å². The molecule has 0 aromatic heterocycles. The summed E-state index contributed by atoms with van der Waals surface area (Å²) in [7, 11) is -2.20. The number of rotatable bonds is 6. The Morgan fingerprint density at radius 2 is 1.91 bits per heavy atom. The number of methoxy groups -OCH3 is 1. The second kappa shape index (κ2) is 7.23. The van der Waals surface area contributed by atoms with Crippen LogP contribution in [0.4, 0.5) is 10.1 Å². The molecular weight excluding hydrogens is 321 g/mol. The number of halogens is 1. The average Bonchev–Trinajstić information content (AvgIpc) is 2.48. The molecule has 0 saturated carbocycles. The lowest BCUT2D eigenvalue weighted by Crippen LogP contribution is -2.24. The van der Waals surface area contributed by atoms with Crippen molar-refractivity contribution < 1.29 is 22.3 Å². The molecule has 0 heterocycles. The van der Waals surface area contributed by atoms with Crippen LogP contribution in [0.2, 0.25) is 0 Å². The van der Waals surface area contributed by atoms with Crippen molar-refractivity contribution in [3.63, 3.8) is 0 Å². The van der Waals surface area contributed by atoms with Crippen molar-refractivity contribution in [2.24, 2.45) is 0 Å². The van der Waals surface area contributed by atoms with Crippen LogP contribution in [-0.4, -0.2) is 27.2 Å². The number of carbonyl (C=O) groups excluding carboxylic acids is 1. The van der Waals surface area contributed by atoms with Crippen molar-refractivity contribution in [1.82, 2.24) is 0 Å². The fraction of sp³-hybridized carbons (Fsp3) is 0.188. The van der Waals surface area contributed by atoms with Crippen LogP contribution in [0.5, 0.6) is 5.75 Å². The van der Waals surface area contributed by atoms with Gasteiger partial charge in [0.15, 0.2) is 9.84 Å². The highest BCUT2D eigenvalue weighted by atomic mass is 32.2. The van der Waals surface area contributed by atoms with Crippen LogP contribution in [0.25, 0.3) is 0 Å². The lowest BCUT2D eigenvalue weighted by molar-refractivity contribution is -0.113. The van der Waals surface area contributed by atoms with Gasteiger partial charge in [0.25, 0.3) is 0 Å². The maximum Gasteiger partial charge on any atom is 0.239 e. The summed E-state index contributed by atoms with van der Waals surface area (Å²) in [5.41, 5.74) is 0.470. The van der Waals surface area contributed by atoms with Crippen LogP contribution in [0.1, 0.15) is 5.56 Å². The highest BCUT2D eigenvalue weighted by Crippen LogP contribution is 2.16. The minimum atomic E-state index is -3.68. The van der Waals surface area contributed by atoms with Crippen LogP contribution in [0.3, 0.4) is 0 Å². The summed E-state index contributed by atoms with van der Waals surface area (Å²) in [6, 6.07) is 12.2. The predicted molar refractivity (Wildman–Crippen MR) is 85.5 cm³/mol. The lowest BCUT2D eigenvalue weighted by atomic mass is 10.2. The van der Waals surface area contributed by atoms with E-state index >= 15 is 0 Å². The molecule has 1 amide bonds. The zero-order valence-corrected chi connectivity index (χ0v) is 13.3. The largest absolute Gasteiger partial charge is 0.497 e. The molecule has 122 valence electrons. The molecule has 0 saturated heterocycles. The number of para-hydroxylation sites is 1. The van der Waals surface area contributed by atoms with Gasteiger partial charge in [-0.3, -0.25) is 4.79 Å². The van der Waals surface area contributed by atoms with Gasteiger partial charge in [-0.15, -0.1) is 0 Å². The maximum absolute atomic E-state index is 13.4. The first-order valence-electron chi connectivity index (χ1n) is 6.77. The van der Waals surface area contributed by atoms with Gasteiger partial charge < -0.3 is 10.1 Å². The van der Waals surface area contributed by atoms with Crippen LogP contribution in [0.15, 0.2) is 48.5 Å². The molecule has 2 aromatic carbocycles. The molecule has 7 heteroatoms. The van der Waals surface area contributed by atoms with E-state index in [9.17, 15) is 17.6 Å². The quantitative estimate of drug-likeness (QED) is 0.878. The normalized spacial score (nSPS) is 11.0. The van der Waals surface area contributed by atoms with E-state index in [1.807, 2.05) is 0 Å². The summed E-state index contributed by atoms with van der Waals surface area (Å²) in [5.74, 6) is -1.88. The standard InChI is InChI=1S/C16H16FNO4S/c1-22-13-6-4-5-12(9-13)10-23(20,21)11-16(19)18-15-8-3-2-7-14(15)17/h2-9H,10-11H2,1H3,(H,18,19). The summed E-state index contributed by atoms with van der Waals surface area (Å²) in [6.45, 7) is 0.